The number of amides is 1. The summed E-state index contributed by atoms with van der Waals surface area (Å²) in [6, 6.07) is 5.76. The maximum absolute atomic E-state index is 12.0. The van der Waals surface area contributed by atoms with Crippen LogP contribution in [0, 0.1) is 0 Å². The molecule has 1 N–H and O–H groups in total. The molecule has 1 saturated heterocycles. The number of carbonyl (C=O) groups is 1. The van der Waals surface area contributed by atoms with Crippen LogP contribution in [0.4, 0.5) is 0 Å². The summed E-state index contributed by atoms with van der Waals surface area (Å²) in [6.45, 7) is 5.03. The van der Waals surface area contributed by atoms with Crippen LogP contribution < -0.4 is 5.32 Å². The average Bonchev–Trinajstić information content (AvgIpc) is 2.88. The highest BCUT2D eigenvalue weighted by Gasteiger charge is 2.23. The Hall–Kier alpha value is -0.770. The van der Waals surface area contributed by atoms with Gasteiger partial charge >= 0.3 is 0 Å². The molecule has 110 valence electrons. The average molecular weight is 315 g/mol. The molecule has 20 heavy (non-hydrogen) atoms. The van der Waals surface area contributed by atoms with Crippen molar-refractivity contribution in [3.05, 3.63) is 33.8 Å². The fourth-order valence-corrected chi connectivity index (χ4v) is 3.23. The van der Waals surface area contributed by atoms with E-state index in [2.05, 4.69) is 17.1 Å². The molecular formula is C15H20Cl2N2O. The lowest BCUT2D eigenvalue weighted by Crippen LogP contribution is -2.40. The summed E-state index contributed by atoms with van der Waals surface area (Å²) in [5.74, 6) is -0.0250. The van der Waals surface area contributed by atoms with E-state index in [1.807, 2.05) is 0 Å². The number of carbonyl (C=O) groups excluding carboxylic acids is 1. The standard InChI is InChI=1S/C15H20Cl2N2O/c1-2-19-8-4-5-11(19)10-18-15(20)9-12-13(16)6-3-7-14(12)17/h3,6-7,11H,2,4-5,8-10H2,1H3,(H,18,20)/t11-/m0/s1. The first kappa shape index (κ1) is 15.6. The number of nitrogens with one attached hydrogen (secondary N) is 1. The van der Waals surface area contributed by atoms with Crippen LogP contribution in [0.3, 0.4) is 0 Å². The van der Waals surface area contributed by atoms with Gasteiger partial charge < -0.3 is 5.32 Å². The van der Waals surface area contributed by atoms with E-state index in [0.29, 0.717) is 28.2 Å². The molecule has 1 aromatic carbocycles. The fourth-order valence-electron chi connectivity index (χ4n) is 2.70. The van der Waals surface area contributed by atoms with E-state index in [0.717, 1.165) is 19.5 Å². The van der Waals surface area contributed by atoms with Crippen LogP contribution in [0.2, 0.25) is 10.0 Å². The second-order valence-electron chi connectivity index (χ2n) is 5.11. The van der Waals surface area contributed by atoms with E-state index in [-0.39, 0.29) is 12.3 Å². The van der Waals surface area contributed by atoms with E-state index in [4.69, 9.17) is 23.2 Å². The van der Waals surface area contributed by atoms with Gasteiger partial charge in [0.1, 0.15) is 0 Å². The smallest absolute Gasteiger partial charge is 0.224 e. The molecule has 0 saturated carbocycles. The van der Waals surface area contributed by atoms with Crippen molar-refractivity contribution >= 4 is 29.1 Å². The van der Waals surface area contributed by atoms with E-state index in [1.165, 1.54) is 6.42 Å². The highest BCUT2D eigenvalue weighted by atomic mass is 35.5. The number of likely N-dealkylation sites (tertiary alicyclic amines) is 1. The van der Waals surface area contributed by atoms with Crippen molar-refractivity contribution in [3.8, 4) is 0 Å². The molecular weight excluding hydrogens is 295 g/mol. The van der Waals surface area contributed by atoms with E-state index in [1.54, 1.807) is 18.2 Å². The maximum atomic E-state index is 12.0. The van der Waals surface area contributed by atoms with Crippen LogP contribution in [0.1, 0.15) is 25.3 Å². The summed E-state index contributed by atoms with van der Waals surface area (Å²) in [4.78, 5) is 14.4. The van der Waals surface area contributed by atoms with Crippen molar-refractivity contribution in [2.24, 2.45) is 0 Å². The number of benzene rings is 1. The second kappa shape index (κ2) is 7.30. The molecule has 0 radical (unpaired) electrons. The highest BCUT2D eigenvalue weighted by Crippen LogP contribution is 2.24. The molecule has 1 aliphatic rings. The Balaban J connectivity index is 1.87. The predicted octanol–water partition coefficient (Wildman–Crippen LogP) is 3.14. The Labute approximate surface area is 130 Å². The molecule has 1 aliphatic heterocycles. The van der Waals surface area contributed by atoms with Gasteiger partial charge in [0, 0.05) is 22.6 Å². The SMILES string of the molecule is CCN1CCC[C@H]1CNC(=O)Cc1c(Cl)cccc1Cl. The van der Waals surface area contributed by atoms with E-state index < -0.39 is 0 Å². The van der Waals surface area contributed by atoms with Crippen LogP contribution in [-0.4, -0.2) is 36.5 Å². The molecule has 0 aromatic heterocycles. The lowest BCUT2D eigenvalue weighted by molar-refractivity contribution is -0.120. The molecule has 0 unspecified atom stereocenters. The van der Waals surface area contributed by atoms with E-state index >= 15 is 0 Å². The van der Waals surface area contributed by atoms with Crippen LogP contribution >= 0.6 is 23.2 Å². The van der Waals surface area contributed by atoms with Gasteiger partial charge in [-0.3, -0.25) is 9.69 Å². The van der Waals surface area contributed by atoms with Crippen molar-refractivity contribution in [2.45, 2.75) is 32.2 Å². The van der Waals surface area contributed by atoms with Gasteiger partial charge in [-0.1, -0.05) is 36.2 Å². The van der Waals surface area contributed by atoms with Crippen molar-refractivity contribution in [3.63, 3.8) is 0 Å². The monoisotopic (exact) mass is 314 g/mol. The fraction of sp³-hybridized carbons (Fsp3) is 0.533. The minimum atomic E-state index is -0.0250. The Morgan fingerprint density at radius 3 is 2.75 bits per heavy atom. The number of hydrogen-bond donors (Lipinski definition) is 1. The first-order chi connectivity index (χ1) is 9.61. The van der Waals surface area contributed by atoms with Crippen LogP contribution in [0.25, 0.3) is 0 Å². The van der Waals surface area contributed by atoms with Gasteiger partial charge in [-0.05, 0) is 43.6 Å². The molecule has 1 heterocycles. The van der Waals surface area contributed by atoms with Crippen molar-refractivity contribution in [1.82, 2.24) is 10.2 Å². The molecule has 1 amide bonds. The molecule has 1 atom stereocenters. The quantitative estimate of drug-likeness (QED) is 0.905. The van der Waals surface area contributed by atoms with Crippen molar-refractivity contribution < 1.29 is 4.79 Å². The summed E-state index contributed by atoms with van der Waals surface area (Å²) in [7, 11) is 0. The number of rotatable bonds is 5. The van der Waals surface area contributed by atoms with Gasteiger partial charge in [-0.25, -0.2) is 0 Å². The molecule has 3 nitrogen and oxygen atoms in total. The number of halogens is 2. The van der Waals surface area contributed by atoms with Gasteiger partial charge in [-0.15, -0.1) is 0 Å². The van der Waals surface area contributed by atoms with Gasteiger partial charge in [0.2, 0.25) is 5.91 Å². The zero-order chi connectivity index (χ0) is 14.5. The minimum Gasteiger partial charge on any atom is -0.354 e. The Bertz CT molecular complexity index is 459. The number of hydrogen-bond acceptors (Lipinski definition) is 2. The van der Waals surface area contributed by atoms with Crippen molar-refractivity contribution in [1.29, 1.82) is 0 Å². The molecule has 5 heteroatoms. The summed E-state index contributed by atoms with van der Waals surface area (Å²) < 4.78 is 0. The lowest BCUT2D eigenvalue weighted by Gasteiger charge is -2.22. The van der Waals surface area contributed by atoms with Crippen LogP contribution in [-0.2, 0) is 11.2 Å². The molecule has 0 spiro atoms. The van der Waals surface area contributed by atoms with Crippen LogP contribution in [0.15, 0.2) is 18.2 Å². The zero-order valence-corrected chi connectivity index (χ0v) is 13.2. The number of likely N-dealkylation sites (N-methyl/N-ethyl adjacent to an activating group) is 1. The molecule has 1 aromatic rings. The predicted molar refractivity (Wildman–Crippen MR) is 83.4 cm³/mol. The van der Waals surface area contributed by atoms with Gasteiger partial charge in [0.25, 0.3) is 0 Å². The van der Waals surface area contributed by atoms with Gasteiger partial charge in [0.15, 0.2) is 0 Å². The Morgan fingerprint density at radius 1 is 1.40 bits per heavy atom. The third-order valence-electron chi connectivity index (χ3n) is 3.84. The molecule has 2 rings (SSSR count). The zero-order valence-electron chi connectivity index (χ0n) is 11.7. The van der Waals surface area contributed by atoms with E-state index in [9.17, 15) is 4.79 Å². The molecule has 0 bridgehead atoms. The van der Waals surface area contributed by atoms with Gasteiger partial charge in [-0.2, -0.15) is 0 Å². The third-order valence-corrected chi connectivity index (χ3v) is 4.55. The normalized spacial score (nSPS) is 19.2. The Kier molecular flexibility index (Phi) is 5.70. The Morgan fingerprint density at radius 2 is 2.10 bits per heavy atom. The second-order valence-corrected chi connectivity index (χ2v) is 5.92. The van der Waals surface area contributed by atoms with Crippen LogP contribution in [0.5, 0.6) is 0 Å². The topological polar surface area (TPSA) is 32.3 Å². The molecule has 1 fully saturated rings. The summed E-state index contributed by atoms with van der Waals surface area (Å²) >= 11 is 12.1. The summed E-state index contributed by atoms with van der Waals surface area (Å²) in [5.41, 5.74) is 0.701. The minimum absolute atomic E-state index is 0.0250. The molecule has 0 aliphatic carbocycles. The highest BCUT2D eigenvalue weighted by molar-refractivity contribution is 6.36. The summed E-state index contributed by atoms with van der Waals surface area (Å²) in [5, 5.41) is 4.08. The number of nitrogens with zero attached hydrogens (tertiary/aromatic N) is 1. The lowest BCUT2D eigenvalue weighted by atomic mass is 10.1. The first-order valence-corrected chi connectivity index (χ1v) is 7.81. The van der Waals surface area contributed by atoms with Gasteiger partial charge in [0.05, 0.1) is 6.42 Å². The largest absolute Gasteiger partial charge is 0.354 e. The first-order valence-electron chi connectivity index (χ1n) is 7.05. The van der Waals surface area contributed by atoms with Crippen molar-refractivity contribution in [2.75, 3.05) is 19.6 Å². The third kappa shape index (κ3) is 3.87. The maximum Gasteiger partial charge on any atom is 0.224 e. The summed E-state index contributed by atoms with van der Waals surface area (Å²) in [6.07, 6.45) is 2.60.